The normalized spacial score (nSPS) is 16.4. The van der Waals surface area contributed by atoms with E-state index in [-0.39, 0.29) is 0 Å². The predicted molar refractivity (Wildman–Crippen MR) is 74.7 cm³/mol. The fraction of sp³-hybridized carbons (Fsp3) is 0.857. The highest BCUT2D eigenvalue weighted by molar-refractivity contribution is 5.82. The first kappa shape index (κ1) is 20.5. The van der Waals surface area contributed by atoms with Gasteiger partial charge in [0.25, 0.3) is 0 Å². The number of hydrogen-bond donors (Lipinski definition) is 1. The minimum absolute atomic E-state index is 0.885. The van der Waals surface area contributed by atoms with Gasteiger partial charge in [0.05, 0.1) is 13.8 Å². The smallest absolute Gasteiger partial charge is 0.408 e. The van der Waals surface area contributed by atoms with E-state index in [0.29, 0.717) is 0 Å². The van der Waals surface area contributed by atoms with Crippen LogP contribution in [0, 0.1) is 5.41 Å². The van der Waals surface area contributed by atoms with Crippen LogP contribution in [0.1, 0.15) is 34.6 Å². The van der Waals surface area contributed by atoms with Crippen LogP contribution in [0.5, 0.6) is 0 Å². The molecule has 0 aromatic heterocycles. The van der Waals surface area contributed by atoms with Gasteiger partial charge in [-0.3, -0.25) is 4.39 Å². The van der Waals surface area contributed by atoms with Gasteiger partial charge in [-0.25, -0.2) is 18.4 Å². The monoisotopic (exact) mass is 327 g/mol. The molecule has 3 unspecified atom stereocenters. The third kappa shape index (κ3) is 6.11. The highest BCUT2D eigenvalue weighted by Gasteiger charge is 2.44. The highest BCUT2D eigenvalue weighted by Crippen LogP contribution is 2.30. The maximum Gasteiger partial charge on any atom is 0.408 e. The van der Waals surface area contributed by atoms with E-state index in [2.05, 4.69) is 4.74 Å². The molecule has 5 nitrogen and oxygen atoms in total. The van der Waals surface area contributed by atoms with Crippen molar-refractivity contribution in [3.05, 3.63) is 0 Å². The molecule has 0 aromatic carbocycles. The lowest BCUT2D eigenvalue weighted by Gasteiger charge is -2.31. The van der Waals surface area contributed by atoms with E-state index in [1.807, 2.05) is 5.32 Å². The number of hydrogen-bond acceptors (Lipinski definition) is 4. The third-order valence-corrected chi connectivity index (χ3v) is 2.82. The van der Waals surface area contributed by atoms with E-state index >= 15 is 0 Å². The molecule has 0 heterocycles. The molecule has 0 spiro atoms. The Kier molecular flexibility index (Phi) is 7.18. The van der Waals surface area contributed by atoms with E-state index in [9.17, 15) is 22.8 Å². The molecular formula is C14H24F3NO4. The van der Waals surface area contributed by atoms with E-state index in [1.165, 1.54) is 13.8 Å². The van der Waals surface area contributed by atoms with Crippen LogP contribution < -0.4 is 5.32 Å². The first-order chi connectivity index (χ1) is 9.85. The summed E-state index contributed by atoms with van der Waals surface area (Å²) < 4.78 is 50.4. The molecule has 0 saturated carbocycles. The molecule has 3 atom stereocenters. The molecular weight excluding hydrogens is 303 g/mol. The van der Waals surface area contributed by atoms with Gasteiger partial charge in [-0.15, -0.1) is 0 Å². The molecule has 1 N–H and O–H groups in total. The topological polar surface area (TPSA) is 64.6 Å². The maximum absolute atomic E-state index is 14.3. The van der Waals surface area contributed by atoms with Gasteiger partial charge in [0.15, 0.2) is 12.2 Å². The Labute approximate surface area is 128 Å². The molecule has 22 heavy (non-hydrogen) atoms. The lowest BCUT2D eigenvalue weighted by Crippen LogP contribution is -2.54. The van der Waals surface area contributed by atoms with Crippen LogP contribution in [0.15, 0.2) is 0 Å². The van der Waals surface area contributed by atoms with Gasteiger partial charge in [-0.2, -0.15) is 0 Å². The molecule has 0 aromatic rings. The van der Waals surface area contributed by atoms with E-state index < -0.39 is 48.1 Å². The number of rotatable bonds is 6. The van der Waals surface area contributed by atoms with Gasteiger partial charge >= 0.3 is 12.1 Å². The molecule has 8 heteroatoms. The van der Waals surface area contributed by atoms with Gasteiger partial charge in [-0.1, -0.05) is 13.8 Å². The van der Waals surface area contributed by atoms with Crippen LogP contribution in [0.2, 0.25) is 0 Å². The van der Waals surface area contributed by atoms with Crippen LogP contribution in [-0.4, -0.2) is 49.8 Å². The summed E-state index contributed by atoms with van der Waals surface area (Å²) >= 11 is 0. The summed E-state index contributed by atoms with van der Waals surface area (Å²) in [7, 11) is 0.965. The zero-order valence-corrected chi connectivity index (χ0v) is 13.7. The summed E-state index contributed by atoms with van der Waals surface area (Å²) in [4.78, 5) is 23.2. The number of halogens is 3. The van der Waals surface area contributed by atoms with E-state index in [4.69, 9.17) is 4.74 Å². The Morgan fingerprint density at radius 1 is 1.14 bits per heavy atom. The second kappa shape index (κ2) is 7.69. The summed E-state index contributed by atoms with van der Waals surface area (Å²) in [5.74, 6) is -1.18. The number of amides is 1. The predicted octanol–water partition coefficient (Wildman–Crippen LogP) is 2.72. The van der Waals surface area contributed by atoms with Crippen molar-refractivity contribution >= 4 is 12.1 Å². The summed E-state index contributed by atoms with van der Waals surface area (Å²) in [6.07, 6.45) is -5.90. The number of carbonyl (C=O) groups is 2. The first-order valence-electron chi connectivity index (χ1n) is 6.77. The van der Waals surface area contributed by atoms with Crippen molar-refractivity contribution in [3.8, 4) is 0 Å². The average molecular weight is 327 g/mol. The largest absolute Gasteiger partial charge is 0.467 e. The van der Waals surface area contributed by atoms with Crippen molar-refractivity contribution in [3.63, 3.8) is 0 Å². The molecule has 0 aliphatic heterocycles. The minimum Gasteiger partial charge on any atom is -0.467 e. The highest BCUT2D eigenvalue weighted by atomic mass is 19.2. The van der Waals surface area contributed by atoms with Crippen LogP contribution in [0.3, 0.4) is 0 Å². The number of alkyl halides is 3. The third-order valence-electron chi connectivity index (χ3n) is 2.82. The Morgan fingerprint density at radius 2 is 1.64 bits per heavy atom. The Bertz CT molecular complexity index is 396. The number of ether oxygens (including phenoxy) is 2. The van der Waals surface area contributed by atoms with Crippen LogP contribution in [0.25, 0.3) is 0 Å². The molecule has 0 rings (SSSR count). The zero-order valence-electron chi connectivity index (χ0n) is 13.7. The Morgan fingerprint density at radius 3 is 2.00 bits per heavy atom. The van der Waals surface area contributed by atoms with Gasteiger partial charge in [-0.05, 0) is 20.8 Å². The molecule has 0 fully saturated rings. The SMILES string of the molecule is COC(=O)C(NC(=O)OC(C)(C)C)C(F)C(F)C(C)(C)CF. The number of methoxy groups -OCH3 is 1. The second-order valence-corrected chi connectivity index (χ2v) is 6.62. The summed E-state index contributed by atoms with van der Waals surface area (Å²) in [6.45, 7) is 5.91. The molecule has 1 amide bonds. The van der Waals surface area contributed by atoms with Crippen LogP contribution >= 0.6 is 0 Å². The van der Waals surface area contributed by atoms with Gasteiger partial charge in [0, 0.05) is 5.41 Å². The van der Waals surface area contributed by atoms with Crippen molar-refractivity contribution in [1.29, 1.82) is 0 Å². The number of esters is 1. The van der Waals surface area contributed by atoms with Crippen molar-refractivity contribution in [2.24, 2.45) is 5.41 Å². The lowest BCUT2D eigenvalue weighted by molar-refractivity contribution is -0.146. The van der Waals surface area contributed by atoms with Gasteiger partial charge in [0.2, 0.25) is 0 Å². The van der Waals surface area contributed by atoms with Gasteiger partial charge < -0.3 is 14.8 Å². The van der Waals surface area contributed by atoms with Crippen LogP contribution in [0.4, 0.5) is 18.0 Å². The lowest BCUT2D eigenvalue weighted by atomic mass is 9.84. The molecule has 0 bridgehead atoms. The molecule has 0 aliphatic carbocycles. The van der Waals surface area contributed by atoms with Gasteiger partial charge in [0.1, 0.15) is 11.8 Å². The standard InChI is InChI=1S/C14H24F3NO4/c1-13(2,3)22-12(20)18-9(11(19)21-6)8(16)10(17)14(4,5)7-15/h8-10H,7H2,1-6H3,(H,18,20). The molecule has 0 saturated heterocycles. The van der Waals surface area contributed by atoms with Crippen molar-refractivity contribution in [2.75, 3.05) is 13.8 Å². The molecule has 0 radical (unpaired) electrons. The van der Waals surface area contributed by atoms with E-state index in [1.54, 1.807) is 20.8 Å². The number of carbonyl (C=O) groups excluding carboxylic acids is 2. The zero-order chi connectivity index (χ0) is 17.7. The first-order valence-corrected chi connectivity index (χ1v) is 6.77. The van der Waals surface area contributed by atoms with Crippen molar-refractivity contribution in [2.45, 2.75) is 58.6 Å². The van der Waals surface area contributed by atoms with Crippen molar-refractivity contribution in [1.82, 2.24) is 5.32 Å². The maximum atomic E-state index is 14.3. The Balaban J connectivity index is 5.14. The fourth-order valence-corrected chi connectivity index (χ4v) is 1.50. The number of nitrogens with one attached hydrogen (secondary N) is 1. The van der Waals surface area contributed by atoms with E-state index in [0.717, 1.165) is 7.11 Å². The van der Waals surface area contributed by atoms with Crippen LogP contribution in [-0.2, 0) is 14.3 Å². The summed E-state index contributed by atoms with van der Waals surface area (Å²) in [5, 5.41) is 1.93. The quantitative estimate of drug-likeness (QED) is 0.762. The Hall–Kier alpha value is -1.47. The summed E-state index contributed by atoms with van der Waals surface area (Å²) in [6, 6.07) is -1.93. The summed E-state index contributed by atoms with van der Waals surface area (Å²) in [5.41, 5.74) is -2.54. The second-order valence-electron chi connectivity index (χ2n) is 6.62. The molecule has 0 aliphatic rings. The molecule has 130 valence electrons. The fourth-order valence-electron chi connectivity index (χ4n) is 1.50. The average Bonchev–Trinajstić information content (AvgIpc) is 2.40. The number of alkyl carbamates (subject to hydrolysis) is 1. The minimum atomic E-state index is -2.48. The van der Waals surface area contributed by atoms with Crippen molar-refractivity contribution < 1.29 is 32.2 Å².